The molecule has 0 bridgehead atoms. The lowest BCUT2D eigenvalue weighted by molar-refractivity contribution is 0.530. The maximum absolute atomic E-state index is 14.1. The first-order chi connectivity index (χ1) is 9.86. The van der Waals surface area contributed by atoms with Crippen molar-refractivity contribution in [3.8, 4) is 0 Å². The molecule has 0 aliphatic rings. The molecular weight excluding hydrogens is 368 g/mol. The summed E-state index contributed by atoms with van der Waals surface area (Å²) in [4.78, 5) is 3.13. The molecule has 2 aromatic rings. The van der Waals surface area contributed by atoms with Crippen molar-refractivity contribution in [2.24, 2.45) is 5.73 Å². The van der Waals surface area contributed by atoms with Gasteiger partial charge in [-0.15, -0.1) is 0 Å². The van der Waals surface area contributed by atoms with Gasteiger partial charge in [-0.3, -0.25) is 4.72 Å². The second-order valence-electron chi connectivity index (χ2n) is 3.98. The van der Waals surface area contributed by atoms with E-state index in [2.05, 4.69) is 25.6 Å². The molecule has 112 valence electrons. The van der Waals surface area contributed by atoms with Crippen LogP contribution in [0.2, 0.25) is 0 Å². The van der Waals surface area contributed by atoms with Gasteiger partial charge < -0.3 is 5.73 Å². The van der Waals surface area contributed by atoms with Crippen LogP contribution in [-0.4, -0.2) is 13.4 Å². The van der Waals surface area contributed by atoms with Crippen molar-refractivity contribution in [1.82, 2.24) is 4.98 Å². The van der Waals surface area contributed by atoms with Crippen LogP contribution in [-0.2, 0) is 16.6 Å². The minimum atomic E-state index is -4.26. The Morgan fingerprint density at radius 2 is 2.00 bits per heavy atom. The summed E-state index contributed by atoms with van der Waals surface area (Å²) >= 11 is 3.12. The van der Waals surface area contributed by atoms with Crippen LogP contribution in [0.4, 0.5) is 14.6 Å². The van der Waals surface area contributed by atoms with E-state index in [1.807, 2.05) is 0 Å². The van der Waals surface area contributed by atoms with Crippen LogP contribution in [0.25, 0.3) is 0 Å². The third-order valence-corrected chi connectivity index (χ3v) is 4.63. The normalized spacial score (nSPS) is 11.4. The molecular formula is C12H10BrF2N3O2S. The van der Waals surface area contributed by atoms with Gasteiger partial charge in [-0.2, -0.15) is 0 Å². The van der Waals surface area contributed by atoms with Gasteiger partial charge in [0.2, 0.25) is 0 Å². The van der Waals surface area contributed by atoms with E-state index in [-0.39, 0.29) is 5.82 Å². The fourth-order valence-electron chi connectivity index (χ4n) is 1.61. The summed E-state index contributed by atoms with van der Waals surface area (Å²) in [6, 6.07) is 4.85. The quantitative estimate of drug-likeness (QED) is 0.856. The number of rotatable bonds is 4. The summed E-state index contributed by atoms with van der Waals surface area (Å²) in [7, 11) is -4.26. The van der Waals surface area contributed by atoms with Crippen molar-refractivity contribution in [1.29, 1.82) is 0 Å². The van der Waals surface area contributed by atoms with E-state index in [1.165, 1.54) is 6.20 Å². The molecule has 1 aromatic carbocycles. The smallest absolute Gasteiger partial charge is 0.266 e. The van der Waals surface area contributed by atoms with E-state index in [0.717, 1.165) is 12.1 Å². The van der Waals surface area contributed by atoms with Gasteiger partial charge >= 0.3 is 0 Å². The van der Waals surface area contributed by atoms with E-state index < -0.39 is 38.7 Å². The molecule has 0 atom stereocenters. The van der Waals surface area contributed by atoms with E-state index in [1.54, 1.807) is 12.1 Å². The zero-order valence-electron chi connectivity index (χ0n) is 10.5. The van der Waals surface area contributed by atoms with Crippen LogP contribution in [0.15, 0.2) is 39.8 Å². The highest BCUT2D eigenvalue weighted by Gasteiger charge is 2.24. The lowest BCUT2D eigenvalue weighted by Gasteiger charge is -2.11. The molecule has 0 spiro atoms. The first-order valence-corrected chi connectivity index (χ1v) is 7.94. The second kappa shape index (κ2) is 6.04. The monoisotopic (exact) mass is 377 g/mol. The molecule has 21 heavy (non-hydrogen) atoms. The number of nitrogens with one attached hydrogen (secondary N) is 1. The third kappa shape index (κ3) is 3.20. The summed E-state index contributed by atoms with van der Waals surface area (Å²) in [5.74, 6) is -2.11. The number of sulfonamides is 1. The van der Waals surface area contributed by atoms with E-state index >= 15 is 0 Å². The lowest BCUT2D eigenvalue weighted by atomic mass is 10.2. The number of nitrogens with zero attached hydrogens (tertiary/aromatic N) is 1. The maximum atomic E-state index is 14.1. The summed E-state index contributed by atoms with van der Waals surface area (Å²) in [6.45, 7) is -0.450. The van der Waals surface area contributed by atoms with Crippen LogP contribution < -0.4 is 10.5 Å². The van der Waals surface area contributed by atoms with Gasteiger partial charge in [-0.25, -0.2) is 22.2 Å². The molecule has 0 radical (unpaired) electrons. The van der Waals surface area contributed by atoms with Crippen LogP contribution in [0.3, 0.4) is 0 Å². The number of aromatic nitrogens is 1. The SMILES string of the molecule is NCc1c(F)ccc(S(=O)(=O)Nc2ncccc2Br)c1F. The minimum Gasteiger partial charge on any atom is -0.326 e. The Morgan fingerprint density at radius 1 is 1.29 bits per heavy atom. The lowest BCUT2D eigenvalue weighted by Crippen LogP contribution is -2.18. The first-order valence-electron chi connectivity index (χ1n) is 5.67. The van der Waals surface area contributed by atoms with E-state index in [0.29, 0.717) is 4.47 Å². The largest absolute Gasteiger partial charge is 0.326 e. The van der Waals surface area contributed by atoms with Crippen molar-refractivity contribution >= 4 is 31.8 Å². The number of pyridine rings is 1. The Morgan fingerprint density at radius 3 is 2.62 bits per heavy atom. The number of halogens is 3. The zero-order chi connectivity index (χ0) is 15.6. The summed E-state index contributed by atoms with van der Waals surface area (Å²) < 4.78 is 54.3. The average Bonchev–Trinajstić information content (AvgIpc) is 2.41. The molecule has 0 saturated heterocycles. The number of hydrogen-bond donors (Lipinski definition) is 2. The molecule has 0 amide bonds. The molecule has 9 heteroatoms. The Labute approximate surface area is 128 Å². The van der Waals surface area contributed by atoms with Gasteiger partial charge in [0.1, 0.15) is 10.7 Å². The Balaban J connectivity index is 2.48. The van der Waals surface area contributed by atoms with Crippen molar-refractivity contribution < 1.29 is 17.2 Å². The standard InChI is InChI=1S/C12H10BrF2N3O2S/c13-8-2-1-5-17-12(8)18-21(19,20)10-4-3-9(14)7(6-16)11(10)15/h1-5H,6,16H2,(H,17,18). The zero-order valence-corrected chi connectivity index (χ0v) is 12.9. The van der Waals surface area contributed by atoms with Crippen molar-refractivity contribution in [2.45, 2.75) is 11.4 Å². The topological polar surface area (TPSA) is 85.1 Å². The van der Waals surface area contributed by atoms with Crippen molar-refractivity contribution in [3.05, 3.63) is 52.1 Å². The Kier molecular flexibility index (Phi) is 4.55. The highest BCUT2D eigenvalue weighted by molar-refractivity contribution is 9.10. The van der Waals surface area contributed by atoms with Crippen molar-refractivity contribution in [2.75, 3.05) is 4.72 Å². The average molecular weight is 378 g/mol. The molecule has 0 aliphatic carbocycles. The molecule has 2 rings (SSSR count). The highest BCUT2D eigenvalue weighted by atomic mass is 79.9. The van der Waals surface area contributed by atoms with Gasteiger partial charge in [-0.05, 0) is 40.2 Å². The van der Waals surface area contributed by atoms with Gasteiger partial charge in [0, 0.05) is 18.3 Å². The second-order valence-corrected chi connectivity index (χ2v) is 6.49. The number of anilines is 1. The summed E-state index contributed by atoms with van der Waals surface area (Å²) in [6.07, 6.45) is 1.37. The fraction of sp³-hybridized carbons (Fsp3) is 0.0833. The predicted molar refractivity (Wildman–Crippen MR) is 77.0 cm³/mol. The fourth-order valence-corrected chi connectivity index (χ4v) is 3.23. The molecule has 1 aromatic heterocycles. The van der Waals surface area contributed by atoms with Crippen LogP contribution in [0.1, 0.15) is 5.56 Å². The number of nitrogens with two attached hydrogens (primary N) is 1. The molecule has 0 unspecified atom stereocenters. The molecule has 3 N–H and O–H groups in total. The predicted octanol–water partition coefficient (Wildman–Crippen LogP) is 2.38. The van der Waals surface area contributed by atoms with Crippen LogP contribution in [0, 0.1) is 11.6 Å². The van der Waals surface area contributed by atoms with E-state index in [9.17, 15) is 17.2 Å². The first kappa shape index (κ1) is 15.8. The van der Waals surface area contributed by atoms with Gasteiger partial charge in [0.15, 0.2) is 11.6 Å². The number of benzene rings is 1. The van der Waals surface area contributed by atoms with Crippen molar-refractivity contribution in [3.63, 3.8) is 0 Å². The number of hydrogen-bond acceptors (Lipinski definition) is 4. The molecule has 5 nitrogen and oxygen atoms in total. The molecule has 1 heterocycles. The van der Waals surface area contributed by atoms with Gasteiger partial charge in [-0.1, -0.05) is 0 Å². The third-order valence-electron chi connectivity index (χ3n) is 2.63. The Hall–Kier alpha value is -1.58. The van der Waals surface area contributed by atoms with Gasteiger partial charge in [0.25, 0.3) is 10.0 Å². The highest BCUT2D eigenvalue weighted by Crippen LogP contribution is 2.25. The summed E-state index contributed by atoms with van der Waals surface area (Å²) in [5.41, 5.74) is 4.74. The molecule has 0 saturated carbocycles. The van der Waals surface area contributed by atoms with Gasteiger partial charge in [0.05, 0.1) is 4.47 Å². The summed E-state index contributed by atoms with van der Waals surface area (Å²) in [5, 5.41) is 0. The van der Waals surface area contributed by atoms with Crippen LogP contribution in [0.5, 0.6) is 0 Å². The van der Waals surface area contributed by atoms with Crippen LogP contribution >= 0.6 is 15.9 Å². The minimum absolute atomic E-state index is 0.00414. The molecule has 0 aliphatic heterocycles. The molecule has 0 fully saturated rings. The maximum Gasteiger partial charge on any atom is 0.266 e. The van der Waals surface area contributed by atoms with E-state index in [4.69, 9.17) is 5.73 Å². The Bertz CT molecular complexity index is 784.